The normalized spacial score (nSPS) is 9.93. The summed E-state index contributed by atoms with van der Waals surface area (Å²) in [5.74, 6) is 0. The molecule has 0 saturated carbocycles. The van der Waals surface area contributed by atoms with Gasteiger partial charge in [-0.2, -0.15) is 0 Å². The fraction of sp³-hybridized carbons (Fsp3) is 0. The zero-order valence-electron chi connectivity index (χ0n) is 7.98. The molecule has 0 saturated heterocycles. The van der Waals surface area contributed by atoms with Gasteiger partial charge in [-0.1, -0.05) is 52.3 Å². The molecule has 15 heavy (non-hydrogen) atoms. The molecular weight excluding hydrogens is 252 g/mol. The van der Waals surface area contributed by atoms with Gasteiger partial charge in [0.2, 0.25) is 0 Å². The Morgan fingerprint density at radius 1 is 1.00 bits per heavy atom. The van der Waals surface area contributed by atoms with Crippen molar-refractivity contribution in [1.29, 1.82) is 0 Å². The van der Waals surface area contributed by atoms with Crippen LogP contribution in [0.2, 0.25) is 0 Å². The first-order valence-corrected chi connectivity index (χ1v) is 5.41. The molecule has 2 aromatic rings. The van der Waals surface area contributed by atoms with Crippen LogP contribution in [0.1, 0.15) is 10.4 Å². The van der Waals surface area contributed by atoms with E-state index in [0.717, 1.165) is 27.4 Å². The van der Waals surface area contributed by atoms with Gasteiger partial charge in [-0.3, -0.25) is 4.79 Å². The maximum Gasteiger partial charge on any atom is 0.150 e. The number of aldehydes is 1. The van der Waals surface area contributed by atoms with Crippen molar-refractivity contribution < 1.29 is 4.79 Å². The van der Waals surface area contributed by atoms with Crippen molar-refractivity contribution in [2.24, 2.45) is 0 Å². The number of benzene rings is 2. The molecule has 0 aliphatic rings. The number of hydrogen-bond donors (Lipinski definition) is 0. The Hall–Kier alpha value is -1.41. The molecule has 2 heteroatoms. The third kappa shape index (κ3) is 2.16. The molecule has 0 bridgehead atoms. The van der Waals surface area contributed by atoms with Crippen molar-refractivity contribution in [2.45, 2.75) is 0 Å². The summed E-state index contributed by atoms with van der Waals surface area (Å²) in [6.45, 7) is 0. The summed E-state index contributed by atoms with van der Waals surface area (Å²) in [6, 6.07) is 15.5. The lowest BCUT2D eigenvalue weighted by atomic mass is 10.0. The highest BCUT2D eigenvalue weighted by Gasteiger charge is 2.03. The minimum absolute atomic E-state index is 0.718. The van der Waals surface area contributed by atoms with Crippen LogP contribution in [0.25, 0.3) is 11.1 Å². The van der Waals surface area contributed by atoms with E-state index in [4.69, 9.17) is 0 Å². The van der Waals surface area contributed by atoms with Crippen LogP contribution in [0, 0.1) is 0 Å². The van der Waals surface area contributed by atoms with Crippen LogP contribution >= 0.6 is 15.9 Å². The van der Waals surface area contributed by atoms with Crippen molar-refractivity contribution in [3.8, 4) is 11.1 Å². The fourth-order valence-electron chi connectivity index (χ4n) is 1.52. The zero-order valence-corrected chi connectivity index (χ0v) is 9.57. The lowest BCUT2D eigenvalue weighted by molar-refractivity contribution is 0.112. The van der Waals surface area contributed by atoms with Crippen LogP contribution in [-0.2, 0) is 0 Å². The van der Waals surface area contributed by atoms with Crippen molar-refractivity contribution in [1.82, 2.24) is 0 Å². The van der Waals surface area contributed by atoms with Gasteiger partial charge in [0.15, 0.2) is 6.29 Å². The third-order valence-electron chi connectivity index (χ3n) is 2.22. The smallest absolute Gasteiger partial charge is 0.150 e. The van der Waals surface area contributed by atoms with Crippen LogP contribution in [-0.4, -0.2) is 6.29 Å². The predicted octanol–water partition coefficient (Wildman–Crippen LogP) is 3.93. The SMILES string of the molecule is O=Cc1ccccc1-c1cccc(Br)c1. The minimum atomic E-state index is 0.718. The second-order valence-corrected chi connectivity index (χ2v) is 4.13. The van der Waals surface area contributed by atoms with Gasteiger partial charge in [0.25, 0.3) is 0 Å². The van der Waals surface area contributed by atoms with E-state index in [1.54, 1.807) is 0 Å². The van der Waals surface area contributed by atoms with Gasteiger partial charge in [0, 0.05) is 10.0 Å². The van der Waals surface area contributed by atoms with Crippen LogP contribution in [0.4, 0.5) is 0 Å². The van der Waals surface area contributed by atoms with E-state index >= 15 is 0 Å². The summed E-state index contributed by atoms with van der Waals surface area (Å²) in [7, 11) is 0. The molecule has 0 amide bonds. The van der Waals surface area contributed by atoms with E-state index in [1.807, 2.05) is 48.5 Å². The van der Waals surface area contributed by atoms with Crippen LogP contribution in [0.3, 0.4) is 0 Å². The zero-order chi connectivity index (χ0) is 10.7. The fourth-order valence-corrected chi connectivity index (χ4v) is 1.92. The van der Waals surface area contributed by atoms with E-state index in [9.17, 15) is 4.79 Å². The molecule has 0 aliphatic carbocycles. The number of rotatable bonds is 2. The van der Waals surface area contributed by atoms with E-state index < -0.39 is 0 Å². The molecule has 2 rings (SSSR count). The number of carbonyl (C=O) groups is 1. The minimum Gasteiger partial charge on any atom is -0.298 e. The standard InChI is InChI=1S/C13H9BrO/c14-12-6-3-5-10(8-12)13-7-2-1-4-11(13)9-15/h1-9H. The van der Waals surface area contributed by atoms with Crippen LogP contribution in [0.15, 0.2) is 53.0 Å². The molecule has 0 heterocycles. The number of halogens is 1. The summed E-state index contributed by atoms with van der Waals surface area (Å²) in [5, 5.41) is 0. The average molecular weight is 261 g/mol. The maximum atomic E-state index is 10.9. The molecule has 0 spiro atoms. The molecule has 0 N–H and O–H groups in total. The van der Waals surface area contributed by atoms with Gasteiger partial charge in [-0.15, -0.1) is 0 Å². The first kappa shape index (κ1) is 10.1. The van der Waals surface area contributed by atoms with Crippen molar-refractivity contribution in [2.75, 3.05) is 0 Å². The highest BCUT2D eigenvalue weighted by Crippen LogP contribution is 2.25. The molecule has 1 nitrogen and oxygen atoms in total. The molecule has 2 aromatic carbocycles. The average Bonchev–Trinajstić information content (AvgIpc) is 2.29. The van der Waals surface area contributed by atoms with Gasteiger partial charge in [0.1, 0.15) is 0 Å². The van der Waals surface area contributed by atoms with Gasteiger partial charge >= 0.3 is 0 Å². The van der Waals surface area contributed by atoms with Crippen molar-refractivity contribution >= 4 is 22.2 Å². The first-order chi connectivity index (χ1) is 7.31. The molecule has 0 fully saturated rings. The summed E-state index contributed by atoms with van der Waals surface area (Å²) < 4.78 is 1.01. The van der Waals surface area contributed by atoms with E-state index in [0.29, 0.717) is 0 Å². The van der Waals surface area contributed by atoms with E-state index in [2.05, 4.69) is 15.9 Å². The second kappa shape index (κ2) is 4.41. The van der Waals surface area contributed by atoms with Crippen molar-refractivity contribution in [3.05, 3.63) is 58.6 Å². The summed E-state index contributed by atoms with van der Waals surface area (Å²) in [5.41, 5.74) is 2.73. The summed E-state index contributed by atoms with van der Waals surface area (Å²) in [4.78, 5) is 10.9. The molecule has 0 aliphatic heterocycles. The Morgan fingerprint density at radius 3 is 2.53 bits per heavy atom. The Kier molecular flexibility index (Phi) is 2.97. The quantitative estimate of drug-likeness (QED) is 0.748. The van der Waals surface area contributed by atoms with E-state index in [1.165, 1.54) is 0 Å². The topological polar surface area (TPSA) is 17.1 Å². The van der Waals surface area contributed by atoms with Crippen LogP contribution in [0.5, 0.6) is 0 Å². The highest BCUT2D eigenvalue weighted by atomic mass is 79.9. The van der Waals surface area contributed by atoms with E-state index in [-0.39, 0.29) is 0 Å². The largest absolute Gasteiger partial charge is 0.298 e. The monoisotopic (exact) mass is 260 g/mol. The highest BCUT2D eigenvalue weighted by molar-refractivity contribution is 9.10. The molecule has 74 valence electrons. The van der Waals surface area contributed by atoms with Gasteiger partial charge in [-0.05, 0) is 23.3 Å². The summed E-state index contributed by atoms with van der Waals surface area (Å²) in [6.07, 6.45) is 0.885. The predicted molar refractivity (Wildman–Crippen MR) is 65.0 cm³/mol. The third-order valence-corrected chi connectivity index (χ3v) is 2.72. The second-order valence-electron chi connectivity index (χ2n) is 3.22. The first-order valence-electron chi connectivity index (χ1n) is 4.61. The van der Waals surface area contributed by atoms with Gasteiger partial charge in [0.05, 0.1) is 0 Å². The molecule has 0 unspecified atom stereocenters. The Labute approximate surface area is 96.9 Å². The lowest BCUT2D eigenvalue weighted by Crippen LogP contribution is -1.86. The Bertz CT molecular complexity index is 491. The van der Waals surface area contributed by atoms with Gasteiger partial charge < -0.3 is 0 Å². The number of carbonyl (C=O) groups excluding carboxylic acids is 1. The molecule has 0 aromatic heterocycles. The Balaban J connectivity index is 2.58. The Morgan fingerprint density at radius 2 is 1.80 bits per heavy atom. The molecular formula is C13H9BrO. The van der Waals surface area contributed by atoms with Crippen LogP contribution < -0.4 is 0 Å². The van der Waals surface area contributed by atoms with Crippen molar-refractivity contribution in [3.63, 3.8) is 0 Å². The molecule has 0 atom stereocenters. The summed E-state index contributed by atoms with van der Waals surface area (Å²) >= 11 is 3.42. The number of hydrogen-bond acceptors (Lipinski definition) is 1. The molecule has 0 radical (unpaired) electrons. The lowest BCUT2D eigenvalue weighted by Gasteiger charge is -2.04. The maximum absolute atomic E-state index is 10.9. The van der Waals surface area contributed by atoms with Gasteiger partial charge in [-0.25, -0.2) is 0 Å².